The summed E-state index contributed by atoms with van der Waals surface area (Å²) in [6.45, 7) is 1.99. The van der Waals surface area contributed by atoms with Gasteiger partial charge in [-0.3, -0.25) is 0 Å². The highest BCUT2D eigenvalue weighted by Gasteiger charge is 2.40. The molecule has 1 aromatic carbocycles. The fourth-order valence-corrected chi connectivity index (χ4v) is 3.18. The molecule has 0 unspecified atom stereocenters. The fourth-order valence-electron chi connectivity index (χ4n) is 1.87. The summed E-state index contributed by atoms with van der Waals surface area (Å²) in [6.07, 6.45) is 0.711. The van der Waals surface area contributed by atoms with E-state index in [0.717, 1.165) is 5.75 Å². The number of thioether (sulfide) groups is 1. The SMILES string of the molecule is C[C@H]1SCC[C@@]1(O)c1cccc(F)c1. The molecule has 1 fully saturated rings. The van der Waals surface area contributed by atoms with E-state index in [1.165, 1.54) is 12.1 Å². The van der Waals surface area contributed by atoms with E-state index < -0.39 is 5.60 Å². The van der Waals surface area contributed by atoms with E-state index in [0.29, 0.717) is 12.0 Å². The van der Waals surface area contributed by atoms with Crippen molar-refractivity contribution in [1.82, 2.24) is 0 Å². The number of aliphatic hydroxyl groups is 1. The highest BCUT2D eigenvalue weighted by molar-refractivity contribution is 8.00. The molecule has 1 aliphatic rings. The van der Waals surface area contributed by atoms with E-state index in [1.807, 2.05) is 6.92 Å². The Balaban J connectivity index is 2.38. The first kappa shape index (κ1) is 9.99. The standard InChI is InChI=1S/C11H13FOS/c1-8-11(13,5-6-14-8)9-3-2-4-10(12)7-9/h2-4,7-8,13H,5-6H2,1H3/t8-,11+/m1/s1. The van der Waals surface area contributed by atoms with Gasteiger partial charge in [0.25, 0.3) is 0 Å². The molecule has 1 heterocycles. The zero-order valence-electron chi connectivity index (χ0n) is 8.03. The minimum absolute atomic E-state index is 0.143. The summed E-state index contributed by atoms with van der Waals surface area (Å²) in [5.74, 6) is 0.661. The zero-order chi connectivity index (χ0) is 10.2. The molecule has 2 atom stereocenters. The molecule has 0 spiro atoms. The van der Waals surface area contributed by atoms with Gasteiger partial charge in [0.05, 0.1) is 0 Å². The smallest absolute Gasteiger partial charge is 0.123 e. The fraction of sp³-hybridized carbons (Fsp3) is 0.455. The van der Waals surface area contributed by atoms with Gasteiger partial charge in [0, 0.05) is 5.25 Å². The van der Waals surface area contributed by atoms with Crippen molar-refractivity contribution in [2.75, 3.05) is 5.75 Å². The summed E-state index contributed by atoms with van der Waals surface area (Å²) < 4.78 is 13.0. The lowest BCUT2D eigenvalue weighted by atomic mass is 9.88. The molecular weight excluding hydrogens is 199 g/mol. The molecule has 2 rings (SSSR count). The Labute approximate surface area is 87.3 Å². The maximum absolute atomic E-state index is 13.0. The first-order chi connectivity index (χ1) is 6.63. The van der Waals surface area contributed by atoms with Crippen LogP contribution >= 0.6 is 11.8 Å². The van der Waals surface area contributed by atoms with Crippen molar-refractivity contribution in [3.8, 4) is 0 Å². The molecule has 1 aromatic rings. The molecule has 0 aromatic heterocycles. The Morgan fingerprint density at radius 2 is 2.36 bits per heavy atom. The number of hydrogen-bond acceptors (Lipinski definition) is 2. The predicted octanol–water partition coefficient (Wildman–Crippen LogP) is 2.54. The zero-order valence-corrected chi connectivity index (χ0v) is 8.85. The quantitative estimate of drug-likeness (QED) is 0.772. The maximum atomic E-state index is 13.0. The van der Waals surface area contributed by atoms with Gasteiger partial charge in [-0.25, -0.2) is 4.39 Å². The number of rotatable bonds is 1. The molecule has 3 heteroatoms. The van der Waals surface area contributed by atoms with E-state index in [-0.39, 0.29) is 11.1 Å². The third-order valence-electron chi connectivity index (χ3n) is 2.85. The van der Waals surface area contributed by atoms with Gasteiger partial charge in [0.1, 0.15) is 11.4 Å². The summed E-state index contributed by atoms with van der Waals surface area (Å²) >= 11 is 1.73. The Hall–Kier alpha value is -0.540. The van der Waals surface area contributed by atoms with Gasteiger partial charge in [-0.05, 0) is 29.9 Å². The third kappa shape index (κ3) is 1.55. The van der Waals surface area contributed by atoms with Gasteiger partial charge in [0.15, 0.2) is 0 Å². The van der Waals surface area contributed by atoms with Crippen molar-refractivity contribution in [1.29, 1.82) is 0 Å². The topological polar surface area (TPSA) is 20.2 Å². The molecule has 0 bridgehead atoms. The van der Waals surface area contributed by atoms with Crippen molar-refractivity contribution in [2.45, 2.75) is 24.2 Å². The summed E-state index contributed by atoms with van der Waals surface area (Å²) in [5.41, 5.74) is -0.137. The number of halogens is 1. The van der Waals surface area contributed by atoms with Crippen LogP contribution in [0.1, 0.15) is 18.9 Å². The van der Waals surface area contributed by atoms with Crippen LogP contribution in [0.15, 0.2) is 24.3 Å². The predicted molar refractivity (Wildman–Crippen MR) is 56.8 cm³/mol. The molecule has 0 saturated carbocycles. The summed E-state index contributed by atoms with van der Waals surface area (Å²) in [5, 5.41) is 10.5. The highest BCUT2D eigenvalue weighted by atomic mass is 32.2. The van der Waals surface area contributed by atoms with Crippen LogP contribution < -0.4 is 0 Å². The normalized spacial score (nSPS) is 32.1. The molecule has 76 valence electrons. The molecule has 1 N–H and O–H groups in total. The monoisotopic (exact) mass is 212 g/mol. The molecule has 0 radical (unpaired) electrons. The van der Waals surface area contributed by atoms with Crippen molar-refractivity contribution in [3.05, 3.63) is 35.6 Å². The van der Waals surface area contributed by atoms with Crippen LogP contribution in [0, 0.1) is 5.82 Å². The third-order valence-corrected chi connectivity index (χ3v) is 4.18. The second-order valence-corrected chi connectivity index (χ2v) is 5.15. The van der Waals surface area contributed by atoms with E-state index in [4.69, 9.17) is 0 Å². The Kier molecular flexibility index (Phi) is 2.54. The molecule has 1 aliphatic heterocycles. The van der Waals surface area contributed by atoms with Gasteiger partial charge in [-0.15, -0.1) is 0 Å². The molecular formula is C11H13FOS. The highest BCUT2D eigenvalue weighted by Crippen LogP contribution is 2.42. The first-order valence-corrected chi connectivity index (χ1v) is 5.78. The van der Waals surface area contributed by atoms with Gasteiger partial charge < -0.3 is 5.11 Å². The van der Waals surface area contributed by atoms with E-state index >= 15 is 0 Å². The van der Waals surface area contributed by atoms with Crippen molar-refractivity contribution in [3.63, 3.8) is 0 Å². The summed E-state index contributed by atoms with van der Waals surface area (Å²) in [4.78, 5) is 0. The van der Waals surface area contributed by atoms with E-state index in [1.54, 1.807) is 23.9 Å². The van der Waals surface area contributed by atoms with Crippen LogP contribution in [-0.4, -0.2) is 16.1 Å². The summed E-state index contributed by atoms with van der Waals surface area (Å²) in [7, 11) is 0. The van der Waals surface area contributed by atoms with Crippen LogP contribution in [-0.2, 0) is 5.60 Å². The van der Waals surface area contributed by atoms with E-state index in [2.05, 4.69) is 0 Å². The largest absolute Gasteiger partial charge is 0.384 e. The van der Waals surface area contributed by atoms with E-state index in [9.17, 15) is 9.50 Å². The van der Waals surface area contributed by atoms with Crippen LogP contribution in [0.5, 0.6) is 0 Å². The second-order valence-electron chi connectivity index (χ2n) is 3.70. The average Bonchev–Trinajstić information content (AvgIpc) is 2.49. The Morgan fingerprint density at radius 3 is 2.93 bits per heavy atom. The molecule has 1 saturated heterocycles. The maximum Gasteiger partial charge on any atom is 0.123 e. The lowest BCUT2D eigenvalue weighted by Gasteiger charge is -2.27. The molecule has 1 nitrogen and oxygen atoms in total. The van der Waals surface area contributed by atoms with Crippen LogP contribution in [0.2, 0.25) is 0 Å². The molecule has 14 heavy (non-hydrogen) atoms. The second kappa shape index (κ2) is 3.55. The van der Waals surface area contributed by atoms with Gasteiger partial charge in [-0.1, -0.05) is 19.1 Å². The Bertz CT molecular complexity index is 342. The van der Waals surface area contributed by atoms with Crippen molar-refractivity contribution < 1.29 is 9.50 Å². The summed E-state index contributed by atoms with van der Waals surface area (Å²) in [6, 6.07) is 6.28. The van der Waals surface area contributed by atoms with Crippen LogP contribution in [0.3, 0.4) is 0 Å². The minimum Gasteiger partial charge on any atom is -0.384 e. The molecule has 0 amide bonds. The van der Waals surface area contributed by atoms with Crippen LogP contribution in [0.25, 0.3) is 0 Å². The van der Waals surface area contributed by atoms with Gasteiger partial charge >= 0.3 is 0 Å². The van der Waals surface area contributed by atoms with Gasteiger partial charge in [0.2, 0.25) is 0 Å². The van der Waals surface area contributed by atoms with Gasteiger partial charge in [-0.2, -0.15) is 11.8 Å². The lowest BCUT2D eigenvalue weighted by molar-refractivity contribution is 0.0424. The average molecular weight is 212 g/mol. The molecule has 0 aliphatic carbocycles. The first-order valence-electron chi connectivity index (χ1n) is 4.73. The van der Waals surface area contributed by atoms with Crippen LogP contribution in [0.4, 0.5) is 4.39 Å². The van der Waals surface area contributed by atoms with Crippen molar-refractivity contribution in [2.24, 2.45) is 0 Å². The lowest BCUT2D eigenvalue weighted by Crippen LogP contribution is -2.31. The minimum atomic E-state index is -0.841. The Morgan fingerprint density at radius 1 is 1.57 bits per heavy atom. The number of hydrogen-bond donors (Lipinski definition) is 1. The number of benzene rings is 1. The van der Waals surface area contributed by atoms with Crippen molar-refractivity contribution >= 4 is 11.8 Å².